The van der Waals surface area contributed by atoms with Gasteiger partial charge in [0, 0.05) is 16.0 Å². The molecule has 0 aliphatic heterocycles. The molecular formula is C18H20ClNO4S. The first-order valence-corrected chi connectivity index (χ1v) is 8.95. The fourth-order valence-corrected chi connectivity index (χ4v) is 3.45. The van der Waals surface area contributed by atoms with E-state index in [2.05, 4.69) is 5.32 Å². The van der Waals surface area contributed by atoms with Crippen LogP contribution in [0, 0.1) is 13.8 Å². The quantitative estimate of drug-likeness (QED) is 0.754. The Kier molecular flexibility index (Phi) is 6.45. The molecule has 1 aromatic heterocycles. The van der Waals surface area contributed by atoms with Gasteiger partial charge in [0.1, 0.15) is 10.6 Å². The van der Waals surface area contributed by atoms with Gasteiger partial charge in [0.2, 0.25) is 0 Å². The molecular weight excluding hydrogens is 362 g/mol. The second kappa shape index (κ2) is 8.36. The van der Waals surface area contributed by atoms with Crippen LogP contribution >= 0.6 is 22.9 Å². The summed E-state index contributed by atoms with van der Waals surface area (Å²) in [4.78, 5) is 25.8. The molecule has 0 saturated heterocycles. The minimum absolute atomic E-state index is 0.373. The molecule has 0 bridgehead atoms. The predicted octanol–water partition coefficient (Wildman–Crippen LogP) is 4.38. The van der Waals surface area contributed by atoms with Crippen molar-refractivity contribution in [3.8, 4) is 5.75 Å². The van der Waals surface area contributed by atoms with Crippen molar-refractivity contribution in [3.63, 3.8) is 0 Å². The van der Waals surface area contributed by atoms with Crippen LogP contribution in [0.5, 0.6) is 5.75 Å². The van der Waals surface area contributed by atoms with E-state index in [-0.39, 0.29) is 6.61 Å². The maximum Gasteiger partial charge on any atom is 0.348 e. The smallest absolute Gasteiger partial charge is 0.348 e. The topological polar surface area (TPSA) is 64.6 Å². The molecule has 0 aliphatic carbocycles. The largest absolute Gasteiger partial charge is 0.495 e. The number of esters is 1. The van der Waals surface area contributed by atoms with Crippen LogP contribution in [-0.2, 0) is 16.0 Å². The number of carbonyl (C=O) groups excluding carboxylic acids is 2. The predicted molar refractivity (Wildman–Crippen MR) is 100 cm³/mol. The molecule has 0 spiro atoms. The molecule has 1 N–H and O–H groups in total. The van der Waals surface area contributed by atoms with Crippen LogP contribution in [0.1, 0.15) is 32.6 Å². The standard InChI is InChI=1S/C18H20ClNO4S/c1-5-15-11(3)7-16(25-15)18(22)24-9-17(21)20-13-6-10(2)12(19)8-14(13)23-4/h6-8H,5,9H2,1-4H3,(H,20,21). The molecule has 0 saturated carbocycles. The third kappa shape index (κ3) is 4.74. The van der Waals surface area contributed by atoms with Gasteiger partial charge >= 0.3 is 5.97 Å². The Morgan fingerprint density at radius 2 is 1.92 bits per heavy atom. The Bertz CT molecular complexity index is 801. The number of thiophene rings is 1. The molecule has 2 rings (SSSR count). The Labute approximate surface area is 155 Å². The van der Waals surface area contributed by atoms with Crippen molar-refractivity contribution < 1.29 is 19.1 Å². The van der Waals surface area contributed by atoms with Crippen LogP contribution in [0.4, 0.5) is 5.69 Å². The maximum absolute atomic E-state index is 12.1. The molecule has 0 radical (unpaired) electrons. The van der Waals surface area contributed by atoms with Crippen molar-refractivity contribution in [3.05, 3.63) is 44.1 Å². The zero-order chi connectivity index (χ0) is 18.6. The number of halogens is 1. The molecule has 5 nitrogen and oxygen atoms in total. The first-order valence-electron chi connectivity index (χ1n) is 7.76. The van der Waals surface area contributed by atoms with Gasteiger partial charge in [-0.2, -0.15) is 0 Å². The maximum atomic E-state index is 12.1. The SMILES string of the molecule is CCc1sc(C(=O)OCC(=O)Nc2cc(C)c(Cl)cc2OC)cc1C. The van der Waals surface area contributed by atoms with E-state index in [1.807, 2.05) is 20.8 Å². The highest BCUT2D eigenvalue weighted by atomic mass is 35.5. The fourth-order valence-electron chi connectivity index (χ4n) is 2.29. The molecule has 7 heteroatoms. The molecule has 1 heterocycles. The van der Waals surface area contributed by atoms with E-state index in [4.69, 9.17) is 21.1 Å². The second-order valence-corrected chi connectivity index (χ2v) is 7.04. The van der Waals surface area contributed by atoms with Gasteiger partial charge in [-0.3, -0.25) is 4.79 Å². The molecule has 1 amide bonds. The molecule has 25 heavy (non-hydrogen) atoms. The summed E-state index contributed by atoms with van der Waals surface area (Å²) in [6, 6.07) is 5.12. The molecule has 0 fully saturated rings. The summed E-state index contributed by atoms with van der Waals surface area (Å²) >= 11 is 7.43. The summed E-state index contributed by atoms with van der Waals surface area (Å²) in [6.07, 6.45) is 0.861. The van der Waals surface area contributed by atoms with Crippen LogP contribution in [0.25, 0.3) is 0 Å². The van der Waals surface area contributed by atoms with Gasteiger partial charge in [-0.15, -0.1) is 11.3 Å². The number of anilines is 1. The van der Waals surface area contributed by atoms with Crippen molar-refractivity contribution in [2.75, 3.05) is 19.0 Å². The third-order valence-corrected chi connectivity index (χ3v) is 5.40. The van der Waals surface area contributed by atoms with Crippen molar-refractivity contribution >= 4 is 40.5 Å². The van der Waals surface area contributed by atoms with Gasteiger partial charge in [-0.1, -0.05) is 18.5 Å². The van der Waals surface area contributed by atoms with Crippen LogP contribution in [0.2, 0.25) is 5.02 Å². The summed E-state index contributed by atoms with van der Waals surface area (Å²) in [5.41, 5.74) is 2.34. The lowest BCUT2D eigenvalue weighted by Gasteiger charge is -2.12. The van der Waals surface area contributed by atoms with E-state index < -0.39 is 11.9 Å². The number of ether oxygens (including phenoxy) is 2. The number of methoxy groups -OCH3 is 1. The molecule has 2 aromatic rings. The fraction of sp³-hybridized carbons (Fsp3) is 0.333. The first kappa shape index (κ1) is 19.3. The summed E-state index contributed by atoms with van der Waals surface area (Å²) in [5.74, 6) is -0.503. The number of rotatable bonds is 6. The van der Waals surface area contributed by atoms with Crippen LogP contribution in [0.15, 0.2) is 18.2 Å². The number of carbonyl (C=O) groups is 2. The highest BCUT2D eigenvalue weighted by molar-refractivity contribution is 7.14. The van der Waals surface area contributed by atoms with E-state index in [0.717, 1.165) is 22.4 Å². The Morgan fingerprint density at radius 3 is 2.52 bits per heavy atom. The highest BCUT2D eigenvalue weighted by Gasteiger charge is 2.16. The summed E-state index contributed by atoms with van der Waals surface area (Å²) in [6.45, 7) is 5.43. The summed E-state index contributed by atoms with van der Waals surface area (Å²) in [5, 5.41) is 3.21. The minimum Gasteiger partial charge on any atom is -0.495 e. The lowest BCUT2D eigenvalue weighted by atomic mass is 10.2. The Morgan fingerprint density at radius 1 is 1.20 bits per heavy atom. The first-order chi connectivity index (χ1) is 11.8. The number of hydrogen-bond acceptors (Lipinski definition) is 5. The number of benzene rings is 1. The van der Waals surface area contributed by atoms with Crippen LogP contribution < -0.4 is 10.1 Å². The van der Waals surface area contributed by atoms with Crippen LogP contribution in [0.3, 0.4) is 0 Å². The number of nitrogens with one attached hydrogen (secondary N) is 1. The number of amides is 1. The van der Waals surface area contributed by atoms with E-state index in [0.29, 0.717) is 21.3 Å². The average molecular weight is 382 g/mol. The number of aryl methyl sites for hydroxylation is 3. The highest BCUT2D eigenvalue weighted by Crippen LogP contribution is 2.31. The lowest BCUT2D eigenvalue weighted by Crippen LogP contribution is -2.21. The van der Waals surface area contributed by atoms with E-state index >= 15 is 0 Å². The van der Waals surface area contributed by atoms with Gasteiger partial charge < -0.3 is 14.8 Å². The van der Waals surface area contributed by atoms with E-state index in [1.54, 1.807) is 18.2 Å². The van der Waals surface area contributed by atoms with Crippen molar-refractivity contribution in [1.29, 1.82) is 0 Å². The van der Waals surface area contributed by atoms with Gasteiger partial charge in [0.15, 0.2) is 6.61 Å². The molecule has 1 aromatic carbocycles. The van der Waals surface area contributed by atoms with E-state index in [9.17, 15) is 9.59 Å². The summed E-state index contributed by atoms with van der Waals surface area (Å²) in [7, 11) is 1.49. The number of hydrogen-bond donors (Lipinski definition) is 1. The lowest BCUT2D eigenvalue weighted by molar-refractivity contribution is -0.119. The zero-order valence-corrected chi connectivity index (χ0v) is 16.1. The molecule has 0 aliphatic rings. The molecule has 0 atom stereocenters. The molecule has 0 unspecified atom stereocenters. The second-order valence-electron chi connectivity index (χ2n) is 5.50. The molecule has 134 valence electrons. The van der Waals surface area contributed by atoms with Gasteiger partial charge in [0.25, 0.3) is 5.91 Å². The van der Waals surface area contributed by atoms with Crippen molar-refractivity contribution in [1.82, 2.24) is 0 Å². The monoisotopic (exact) mass is 381 g/mol. The minimum atomic E-state index is -0.498. The van der Waals surface area contributed by atoms with Crippen molar-refractivity contribution in [2.45, 2.75) is 27.2 Å². The van der Waals surface area contributed by atoms with Gasteiger partial charge in [-0.25, -0.2) is 4.79 Å². The summed E-state index contributed by atoms with van der Waals surface area (Å²) < 4.78 is 10.3. The third-order valence-electron chi connectivity index (χ3n) is 3.63. The van der Waals surface area contributed by atoms with Crippen LogP contribution in [-0.4, -0.2) is 25.6 Å². The van der Waals surface area contributed by atoms with E-state index in [1.165, 1.54) is 18.4 Å². The normalized spacial score (nSPS) is 10.4. The Hall–Kier alpha value is -2.05. The average Bonchev–Trinajstić information content (AvgIpc) is 2.96. The van der Waals surface area contributed by atoms with Crippen molar-refractivity contribution in [2.24, 2.45) is 0 Å². The Balaban J connectivity index is 1.98. The van der Waals surface area contributed by atoms with Gasteiger partial charge in [0.05, 0.1) is 12.8 Å². The zero-order valence-electron chi connectivity index (χ0n) is 14.6. The van der Waals surface area contributed by atoms with Gasteiger partial charge in [-0.05, 0) is 43.5 Å².